The Labute approximate surface area is 129 Å². The van der Waals surface area contributed by atoms with Crippen molar-refractivity contribution in [2.75, 3.05) is 13.2 Å². The average Bonchev–Trinajstić information content (AvgIpc) is 2.55. The van der Waals surface area contributed by atoms with E-state index < -0.39 is 0 Å². The van der Waals surface area contributed by atoms with Gasteiger partial charge < -0.3 is 10.1 Å². The number of ether oxygens (including phenoxy) is 1. The van der Waals surface area contributed by atoms with Crippen LogP contribution >= 0.6 is 0 Å². The van der Waals surface area contributed by atoms with Crippen molar-refractivity contribution in [1.29, 1.82) is 0 Å². The molecule has 0 spiro atoms. The smallest absolute Gasteiger partial charge is 0.224 e. The van der Waals surface area contributed by atoms with Crippen molar-refractivity contribution in [2.45, 2.75) is 12.8 Å². The summed E-state index contributed by atoms with van der Waals surface area (Å²) < 4.78 is 19.2. The van der Waals surface area contributed by atoms with E-state index in [4.69, 9.17) is 4.74 Å². The van der Waals surface area contributed by atoms with Crippen LogP contribution in [0.4, 0.5) is 4.39 Å². The van der Waals surface area contributed by atoms with Crippen LogP contribution in [0.2, 0.25) is 0 Å². The molecule has 1 aliphatic heterocycles. The molecule has 0 unspecified atom stereocenters. The first kappa shape index (κ1) is 14.6. The number of rotatable bonds is 4. The average molecular weight is 299 g/mol. The Morgan fingerprint density at radius 3 is 2.82 bits per heavy atom. The number of carbonyl (C=O) groups is 1. The second kappa shape index (κ2) is 6.60. The number of carbonyl (C=O) groups excluding carboxylic acids is 1. The topological polar surface area (TPSA) is 38.3 Å². The molecule has 1 N–H and O–H groups in total. The zero-order valence-corrected chi connectivity index (χ0v) is 12.2. The van der Waals surface area contributed by atoms with E-state index in [2.05, 4.69) is 5.32 Å². The predicted octanol–water partition coefficient (Wildman–Crippen LogP) is 2.74. The normalized spacial score (nSPS) is 16.5. The van der Waals surface area contributed by atoms with E-state index in [9.17, 15) is 9.18 Å². The molecule has 2 aromatic carbocycles. The maximum Gasteiger partial charge on any atom is 0.224 e. The quantitative estimate of drug-likeness (QED) is 0.942. The molecule has 0 saturated heterocycles. The number of nitrogens with one attached hydrogen (secondary N) is 1. The van der Waals surface area contributed by atoms with E-state index in [1.807, 2.05) is 24.3 Å². The van der Waals surface area contributed by atoms with Gasteiger partial charge in [0.2, 0.25) is 5.91 Å². The molecule has 3 rings (SSSR count). The van der Waals surface area contributed by atoms with Crippen LogP contribution < -0.4 is 10.1 Å². The number of amides is 1. The minimum absolute atomic E-state index is 0.0663. The monoisotopic (exact) mass is 299 g/mol. The summed E-state index contributed by atoms with van der Waals surface area (Å²) in [6.45, 7) is 1.14. The molecule has 0 fully saturated rings. The highest BCUT2D eigenvalue weighted by Gasteiger charge is 2.20. The van der Waals surface area contributed by atoms with Gasteiger partial charge in [-0.3, -0.25) is 4.79 Å². The van der Waals surface area contributed by atoms with Gasteiger partial charge in [0, 0.05) is 12.5 Å². The Balaban J connectivity index is 1.51. The summed E-state index contributed by atoms with van der Waals surface area (Å²) in [4.78, 5) is 11.9. The Morgan fingerprint density at radius 1 is 1.18 bits per heavy atom. The van der Waals surface area contributed by atoms with E-state index in [0.717, 1.165) is 12.2 Å². The zero-order valence-electron chi connectivity index (χ0n) is 12.2. The van der Waals surface area contributed by atoms with E-state index in [1.54, 1.807) is 18.2 Å². The first-order valence-corrected chi connectivity index (χ1v) is 7.43. The van der Waals surface area contributed by atoms with Crippen LogP contribution in [0.1, 0.15) is 11.1 Å². The van der Waals surface area contributed by atoms with Crippen molar-refractivity contribution in [3.05, 3.63) is 65.5 Å². The minimum Gasteiger partial charge on any atom is -0.493 e. The minimum atomic E-state index is -0.340. The van der Waals surface area contributed by atoms with Gasteiger partial charge in [0.1, 0.15) is 11.6 Å². The Kier molecular flexibility index (Phi) is 4.37. The molecule has 0 aliphatic carbocycles. The summed E-state index contributed by atoms with van der Waals surface area (Å²) >= 11 is 0. The van der Waals surface area contributed by atoms with Gasteiger partial charge in [0.25, 0.3) is 0 Å². The number of para-hydroxylation sites is 1. The Morgan fingerprint density at radius 2 is 1.95 bits per heavy atom. The molecule has 1 atom stereocenters. The fraction of sp³-hybridized carbons (Fsp3) is 0.278. The van der Waals surface area contributed by atoms with Crippen molar-refractivity contribution < 1.29 is 13.9 Å². The molecule has 1 heterocycles. The Hall–Kier alpha value is -2.36. The van der Waals surface area contributed by atoms with Crippen molar-refractivity contribution >= 4 is 5.91 Å². The highest BCUT2D eigenvalue weighted by Crippen LogP contribution is 2.26. The third kappa shape index (κ3) is 3.45. The molecule has 1 amide bonds. The molecule has 3 nitrogen and oxygen atoms in total. The van der Waals surface area contributed by atoms with Gasteiger partial charge in [0.05, 0.1) is 13.0 Å². The highest BCUT2D eigenvalue weighted by atomic mass is 19.1. The van der Waals surface area contributed by atoms with Crippen molar-refractivity contribution in [3.8, 4) is 5.75 Å². The zero-order chi connectivity index (χ0) is 15.4. The number of hydrogen-bond acceptors (Lipinski definition) is 2. The van der Waals surface area contributed by atoms with Crippen LogP contribution in [0.25, 0.3) is 0 Å². The SMILES string of the molecule is O=C(Cc1ccccc1F)NC[C@@H]1COc2ccccc2C1. The number of fused-ring (bicyclic) bond motifs is 1. The molecule has 4 heteroatoms. The van der Waals surface area contributed by atoms with Crippen LogP contribution in [-0.2, 0) is 17.6 Å². The molecule has 0 aromatic heterocycles. The van der Waals surface area contributed by atoms with Crippen LogP contribution in [0.3, 0.4) is 0 Å². The molecular formula is C18H18FNO2. The maximum atomic E-state index is 13.5. The van der Waals surface area contributed by atoms with Gasteiger partial charge in [-0.15, -0.1) is 0 Å². The lowest BCUT2D eigenvalue weighted by molar-refractivity contribution is -0.120. The molecule has 2 aromatic rings. The summed E-state index contributed by atoms with van der Waals surface area (Å²) in [7, 11) is 0. The largest absolute Gasteiger partial charge is 0.493 e. The lowest BCUT2D eigenvalue weighted by atomic mass is 9.96. The van der Waals surface area contributed by atoms with E-state index >= 15 is 0 Å². The summed E-state index contributed by atoms with van der Waals surface area (Å²) in [5.74, 6) is 0.674. The highest BCUT2D eigenvalue weighted by molar-refractivity contribution is 5.78. The van der Waals surface area contributed by atoms with Crippen LogP contribution in [0.15, 0.2) is 48.5 Å². The third-order valence-corrected chi connectivity index (χ3v) is 3.85. The molecule has 1 aliphatic rings. The third-order valence-electron chi connectivity index (χ3n) is 3.85. The second-order valence-electron chi connectivity index (χ2n) is 5.56. The van der Waals surface area contributed by atoms with Crippen LogP contribution in [0.5, 0.6) is 5.75 Å². The maximum absolute atomic E-state index is 13.5. The van der Waals surface area contributed by atoms with Crippen molar-refractivity contribution in [3.63, 3.8) is 0 Å². The lowest BCUT2D eigenvalue weighted by Crippen LogP contribution is -2.35. The molecule has 0 radical (unpaired) electrons. The fourth-order valence-corrected chi connectivity index (χ4v) is 2.66. The van der Waals surface area contributed by atoms with E-state index in [-0.39, 0.29) is 24.1 Å². The summed E-state index contributed by atoms with van der Waals surface area (Å²) in [6, 6.07) is 14.3. The van der Waals surface area contributed by atoms with E-state index in [1.165, 1.54) is 11.6 Å². The van der Waals surface area contributed by atoms with Crippen molar-refractivity contribution in [1.82, 2.24) is 5.32 Å². The van der Waals surface area contributed by atoms with Gasteiger partial charge in [-0.1, -0.05) is 36.4 Å². The number of benzene rings is 2. The molecular weight excluding hydrogens is 281 g/mol. The van der Waals surface area contributed by atoms with E-state index in [0.29, 0.717) is 18.7 Å². The second-order valence-corrected chi connectivity index (χ2v) is 5.56. The predicted molar refractivity (Wildman–Crippen MR) is 82.2 cm³/mol. The Bertz CT molecular complexity index is 672. The molecule has 22 heavy (non-hydrogen) atoms. The van der Waals surface area contributed by atoms with Crippen molar-refractivity contribution in [2.24, 2.45) is 5.92 Å². The summed E-state index contributed by atoms with van der Waals surface area (Å²) in [5.41, 5.74) is 1.59. The molecule has 0 bridgehead atoms. The lowest BCUT2D eigenvalue weighted by Gasteiger charge is -2.25. The van der Waals surface area contributed by atoms with Gasteiger partial charge in [-0.25, -0.2) is 4.39 Å². The standard InChI is InChI=1S/C18H18FNO2/c19-16-7-3-1-5-14(16)10-18(21)20-11-13-9-15-6-2-4-8-17(15)22-12-13/h1-8,13H,9-12H2,(H,20,21)/t13-/m1/s1. The summed E-state index contributed by atoms with van der Waals surface area (Å²) in [6.07, 6.45) is 0.951. The fourth-order valence-electron chi connectivity index (χ4n) is 2.66. The van der Waals surface area contributed by atoms with Gasteiger partial charge in [-0.2, -0.15) is 0 Å². The van der Waals surface area contributed by atoms with Crippen LogP contribution in [-0.4, -0.2) is 19.1 Å². The molecule has 114 valence electrons. The molecule has 0 saturated carbocycles. The first-order chi connectivity index (χ1) is 10.7. The summed E-state index contributed by atoms with van der Waals surface area (Å²) in [5, 5.41) is 2.87. The number of hydrogen-bond donors (Lipinski definition) is 1. The number of halogens is 1. The van der Waals surface area contributed by atoms with Gasteiger partial charge in [0.15, 0.2) is 0 Å². The van der Waals surface area contributed by atoms with Crippen LogP contribution in [0, 0.1) is 11.7 Å². The van der Waals surface area contributed by atoms with Gasteiger partial charge in [-0.05, 0) is 29.7 Å². The first-order valence-electron chi connectivity index (χ1n) is 7.43. The van der Waals surface area contributed by atoms with Gasteiger partial charge >= 0.3 is 0 Å².